The molecular weight excluding hydrogens is 264 g/mol. The zero-order chi connectivity index (χ0) is 12.4. The molecule has 3 aliphatic rings. The molecule has 1 saturated carbocycles. The number of halogens is 1. The summed E-state index contributed by atoms with van der Waals surface area (Å²) in [5.74, 6) is 0.797. The smallest absolute Gasteiger partial charge is 0.221 e. The lowest BCUT2D eigenvalue weighted by Gasteiger charge is -2.33. The van der Waals surface area contributed by atoms with E-state index in [0.717, 1.165) is 32.4 Å². The molecule has 0 bridgehead atoms. The lowest BCUT2D eigenvalue weighted by Crippen LogP contribution is -2.46. The summed E-state index contributed by atoms with van der Waals surface area (Å²) in [6, 6.07) is 0.768. The van der Waals surface area contributed by atoms with Crippen molar-refractivity contribution in [3.63, 3.8) is 0 Å². The Morgan fingerprint density at radius 1 is 1.21 bits per heavy atom. The van der Waals surface area contributed by atoms with E-state index >= 15 is 0 Å². The van der Waals surface area contributed by atoms with Crippen LogP contribution >= 0.6 is 12.4 Å². The van der Waals surface area contributed by atoms with Crippen molar-refractivity contribution in [3.05, 3.63) is 0 Å². The Morgan fingerprint density at radius 2 is 2.11 bits per heavy atom. The third-order valence-electron chi connectivity index (χ3n) is 4.72. The molecule has 0 spiro atoms. The van der Waals surface area contributed by atoms with Gasteiger partial charge in [-0.2, -0.15) is 0 Å². The van der Waals surface area contributed by atoms with Gasteiger partial charge in [-0.3, -0.25) is 4.79 Å². The van der Waals surface area contributed by atoms with Gasteiger partial charge in [0.1, 0.15) is 0 Å². The largest absolute Gasteiger partial charge is 0.378 e. The summed E-state index contributed by atoms with van der Waals surface area (Å²) in [6.45, 7) is 1.95. The molecule has 2 N–H and O–H groups in total. The van der Waals surface area contributed by atoms with Crippen LogP contribution in [0.1, 0.15) is 44.9 Å². The average molecular weight is 289 g/mol. The van der Waals surface area contributed by atoms with Crippen LogP contribution in [0.5, 0.6) is 0 Å². The maximum atomic E-state index is 12.1. The molecule has 0 aromatic carbocycles. The monoisotopic (exact) mass is 288 g/mol. The number of nitrogens with one attached hydrogen (secondary N) is 2. The fraction of sp³-hybridized carbons (Fsp3) is 0.929. The molecule has 2 saturated heterocycles. The van der Waals surface area contributed by atoms with Crippen LogP contribution < -0.4 is 10.6 Å². The minimum Gasteiger partial charge on any atom is -0.378 e. The van der Waals surface area contributed by atoms with Gasteiger partial charge in [0.2, 0.25) is 5.91 Å². The lowest BCUT2D eigenvalue weighted by atomic mass is 9.81. The molecule has 3 rings (SSSR count). The predicted octanol–water partition coefficient (Wildman–Crippen LogP) is 1.62. The van der Waals surface area contributed by atoms with E-state index in [2.05, 4.69) is 10.6 Å². The number of hydrogen-bond acceptors (Lipinski definition) is 3. The van der Waals surface area contributed by atoms with Crippen LogP contribution in [0.15, 0.2) is 0 Å². The van der Waals surface area contributed by atoms with Gasteiger partial charge < -0.3 is 15.4 Å². The number of hydrogen-bond donors (Lipinski definition) is 2. The Hall–Kier alpha value is -0.320. The molecule has 110 valence electrons. The maximum absolute atomic E-state index is 12.1. The first kappa shape index (κ1) is 15.1. The fourth-order valence-electron chi connectivity index (χ4n) is 3.78. The highest BCUT2D eigenvalue weighted by Gasteiger charge is 2.38. The van der Waals surface area contributed by atoms with Crippen LogP contribution in [0, 0.1) is 5.92 Å². The standard InChI is InChI=1S/C14H24N2O2.ClH/c17-14(9-10-3-2-7-15-10)16-12-4-1-5-13-11(12)6-8-18-13;/h10-13,15H,1-9H2,(H,16,17);1H. The van der Waals surface area contributed by atoms with E-state index in [0.29, 0.717) is 30.5 Å². The molecule has 4 unspecified atom stereocenters. The summed E-state index contributed by atoms with van der Waals surface area (Å²) in [4.78, 5) is 12.1. The SMILES string of the molecule is Cl.O=C(CC1CCCN1)NC1CCCC2OCCC12. The van der Waals surface area contributed by atoms with Crippen LogP contribution in [0.4, 0.5) is 0 Å². The minimum atomic E-state index is 0. The third-order valence-corrected chi connectivity index (χ3v) is 4.72. The van der Waals surface area contributed by atoms with Crippen LogP contribution in [0.2, 0.25) is 0 Å². The number of fused-ring (bicyclic) bond motifs is 1. The Bertz CT molecular complexity index is 308. The Balaban J connectivity index is 0.00000133. The number of amides is 1. The van der Waals surface area contributed by atoms with Crippen molar-refractivity contribution in [1.82, 2.24) is 10.6 Å². The van der Waals surface area contributed by atoms with Gasteiger partial charge in [0.25, 0.3) is 0 Å². The molecule has 5 heteroatoms. The van der Waals surface area contributed by atoms with Gasteiger partial charge >= 0.3 is 0 Å². The zero-order valence-electron chi connectivity index (χ0n) is 11.4. The van der Waals surface area contributed by atoms with E-state index in [-0.39, 0.29) is 18.3 Å². The first-order valence-corrected chi connectivity index (χ1v) is 7.47. The van der Waals surface area contributed by atoms with Crippen LogP contribution in [-0.2, 0) is 9.53 Å². The number of rotatable bonds is 3. The molecule has 4 nitrogen and oxygen atoms in total. The topological polar surface area (TPSA) is 50.4 Å². The average Bonchev–Trinajstić information content (AvgIpc) is 2.99. The molecule has 2 aliphatic heterocycles. The van der Waals surface area contributed by atoms with Gasteiger partial charge in [-0.05, 0) is 45.1 Å². The van der Waals surface area contributed by atoms with Crippen LogP contribution in [0.25, 0.3) is 0 Å². The van der Waals surface area contributed by atoms with Crippen molar-refractivity contribution in [2.45, 2.75) is 63.1 Å². The van der Waals surface area contributed by atoms with Gasteiger partial charge in [0, 0.05) is 31.0 Å². The van der Waals surface area contributed by atoms with Crippen molar-refractivity contribution in [2.75, 3.05) is 13.2 Å². The van der Waals surface area contributed by atoms with E-state index in [4.69, 9.17) is 4.74 Å². The molecule has 1 amide bonds. The zero-order valence-corrected chi connectivity index (χ0v) is 12.2. The summed E-state index contributed by atoms with van der Waals surface area (Å²) in [6.07, 6.45) is 8.04. The Morgan fingerprint density at radius 3 is 2.89 bits per heavy atom. The quantitative estimate of drug-likeness (QED) is 0.830. The molecule has 3 fully saturated rings. The second kappa shape index (κ2) is 6.91. The Kier molecular flexibility index (Phi) is 5.48. The van der Waals surface area contributed by atoms with E-state index in [1.807, 2.05) is 0 Å². The summed E-state index contributed by atoms with van der Waals surface area (Å²) < 4.78 is 5.74. The van der Waals surface area contributed by atoms with Gasteiger partial charge in [-0.25, -0.2) is 0 Å². The highest BCUT2D eigenvalue weighted by atomic mass is 35.5. The molecule has 2 heterocycles. The van der Waals surface area contributed by atoms with Crippen molar-refractivity contribution >= 4 is 18.3 Å². The second-order valence-electron chi connectivity index (χ2n) is 5.96. The number of ether oxygens (including phenoxy) is 1. The first-order chi connectivity index (χ1) is 8.83. The Labute approximate surface area is 121 Å². The van der Waals surface area contributed by atoms with Gasteiger partial charge in [-0.15, -0.1) is 12.4 Å². The van der Waals surface area contributed by atoms with Crippen molar-refractivity contribution < 1.29 is 9.53 Å². The lowest BCUT2D eigenvalue weighted by molar-refractivity contribution is -0.123. The third kappa shape index (κ3) is 3.61. The second-order valence-corrected chi connectivity index (χ2v) is 5.96. The number of carbonyl (C=O) groups is 1. The van der Waals surface area contributed by atoms with Crippen molar-refractivity contribution in [3.8, 4) is 0 Å². The molecule has 4 atom stereocenters. The molecule has 0 aromatic rings. The van der Waals surface area contributed by atoms with E-state index < -0.39 is 0 Å². The summed E-state index contributed by atoms with van der Waals surface area (Å²) in [5.41, 5.74) is 0. The van der Waals surface area contributed by atoms with Crippen molar-refractivity contribution in [2.24, 2.45) is 5.92 Å². The summed E-state index contributed by atoms with van der Waals surface area (Å²) >= 11 is 0. The van der Waals surface area contributed by atoms with Gasteiger partial charge in [0.15, 0.2) is 0 Å². The van der Waals surface area contributed by atoms with Crippen LogP contribution in [0.3, 0.4) is 0 Å². The minimum absolute atomic E-state index is 0. The summed E-state index contributed by atoms with van der Waals surface area (Å²) in [5, 5.41) is 6.64. The van der Waals surface area contributed by atoms with Gasteiger partial charge in [0.05, 0.1) is 6.10 Å². The maximum Gasteiger partial charge on any atom is 0.221 e. The molecule has 0 aromatic heterocycles. The van der Waals surface area contributed by atoms with E-state index in [1.165, 1.54) is 19.3 Å². The van der Waals surface area contributed by atoms with Crippen molar-refractivity contribution in [1.29, 1.82) is 0 Å². The first-order valence-electron chi connectivity index (χ1n) is 7.47. The summed E-state index contributed by atoms with van der Waals surface area (Å²) in [7, 11) is 0. The normalized spacial score (nSPS) is 37.5. The highest BCUT2D eigenvalue weighted by molar-refractivity contribution is 5.85. The highest BCUT2D eigenvalue weighted by Crippen LogP contribution is 2.34. The fourth-order valence-corrected chi connectivity index (χ4v) is 3.78. The van der Waals surface area contributed by atoms with E-state index in [1.54, 1.807) is 0 Å². The predicted molar refractivity (Wildman–Crippen MR) is 76.5 cm³/mol. The van der Waals surface area contributed by atoms with E-state index in [9.17, 15) is 4.79 Å². The molecule has 1 aliphatic carbocycles. The molecule has 0 radical (unpaired) electrons. The van der Waals surface area contributed by atoms with Crippen LogP contribution in [-0.4, -0.2) is 37.2 Å². The van der Waals surface area contributed by atoms with Gasteiger partial charge in [-0.1, -0.05) is 0 Å². The number of carbonyl (C=O) groups excluding carboxylic acids is 1. The molecular formula is C14H25ClN2O2. The molecule has 19 heavy (non-hydrogen) atoms.